The van der Waals surface area contributed by atoms with E-state index in [1.807, 2.05) is 4.57 Å². The van der Waals surface area contributed by atoms with Crippen LogP contribution in [0.5, 0.6) is 0 Å². The molecule has 2 aromatic rings. The summed E-state index contributed by atoms with van der Waals surface area (Å²) >= 11 is 0. The molecule has 1 saturated carbocycles. The zero-order valence-electron chi connectivity index (χ0n) is 14.3. The highest BCUT2D eigenvalue weighted by Crippen LogP contribution is 2.29. The summed E-state index contributed by atoms with van der Waals surface area (Å²) in [6, 6.07) is 2.77. The first kappa shape index (κ1) is 17.6. The van der Waals surface area contributed by atoms with Crippen molar-refractivity contribution < 1.29 is 18.9 Å². The number of rotatable bonds is 5. The normalized spacial score (nSPS) is 15.4. The molecular formula is C16H19N5O5. The molecule has 1 aliphatic rings. The summed E-state index contributed by atoms with van der Waals surface area (Å²) in [5.74, 6) is -0.955. The summed E-state index contributed by atoms with van der Waals surface area (Å²) < 4.78 is 7.30. The number of nitrogens with one attached hydrogen (secondary N) is 1. The molecule has 138 valence electrons. The zero-order chi connectivity index (χ0) is 18.7. The second-order valence-electron chi connectivity index (χ2n) is 6.21. The Labute approximate surface area is 148 Å². The van der Waals surface area contributed by atoms with E-state index in [0.29, 0.717) is 10.4 Å². The standard InChI is InChI=1S/C16H19N5O5/c1-11-15(20(23)10-19(11)12-5-3-2-4-6-12)16(22)18-17-9-13-7-8-14(26-13)21(24)25/h7-10,12H,2-6H2,1H3,(H,18,22)/b17-9-. The number of hydrogen-bond donors (Lipinski definition) is 1. The van der Waals surface area contributed by atoms with Crippen LogP contribution in [0, 0.1) is 22.2 Å². The van der Waals surface area contributed by atoms with Gasteiger partial charge in [0.05, 0.1) is 12.3 Å². The van der Waals surface area contributed by atoms with Crippen LogP contribution in [0.15, 0.2) is 28.0 Å². The molecule has 10 nitrogen and oxygen atoms in total. The highest BCUT2D eigenvalue weighted by molar-refractivity contribution is 5.92. The van der Waals surface area contributed by atoms with Gasteiger partial charge in [0.1, 0.15) is 11.0 Å². The lowest BCUT2D eigenvalue weighted by molar-refractivity contribution is -0.607. The number of amides is 1. The van der Waals surface area contributed by atoms with E-state index in [-0.39, 0.29) is 17.5 Å². The molecule has 0 aliphatic heterocycles. The first-order valence-electron chi connectivity index (χ1n) is 8.35. The van der Waals surface area contributed by atoms with Gasteiger partial charge >= 0.3 is 11.8 Å². The van der Waals surface area contributed by atoms with E-state index in [4.69, 9.17) is 4.42 Å². The van der Waals surface area contributed by atoms with Crippen molar-refractivity contribution in [1.82, 2.24) is 9.99 Å². The molecule has 26 heavy (non-hydrogen) atoms. The molecule has 0 atom stereocenters. The Morgan fingerprint density at radius 1 is 1.42 bits per heavy atom. The van der Waals surface area contributed by atoms with Crippen molar-refractivity contribution in [2.75, 3.05) is 0 Å². The maximum Gasteiger partial charge on any atom is 0.433 e. The summed E-state index contributed by atoms with van der Waals surface area (Å²) in [7, 11) is 0. The van der Waals surface area contributed by atoms with Gasteiger partial charge < -0.3 is 9.62 Å². The van der Waals surface area contributed by atoms with Crippen molar-refractivity contribution in [2.45, 2.75) is 45.1 Å². The Kier molecular flexibility index (Phi) is 5.01. The van der Waals surface area contributed by atoms with Gasteiger partial charge in [-0.25, -0.2) is 14.7 Å². The number of nitro groups is 1. The average Bonchev–Trinajstić information content (AvgIpc) is 3.20. The quantitative estimate of drug-likeness (QED) is 0.287. The third-order valence-electron chi connectivity index (χ3n) is 4.51. The van der Waals surface area contributed by atoms with E-state index >= 15 is 0 Å². The van der Waals surface area contributed by atoms with Crippen LogP contribution in [0.3, 0.4) is 0 Å². The molecule has 1 aliphatic carbocycles. The average molecular weight is 361 g/mol. The summed E-state index contributed by atoms with van der Waals surface area (Å²) in [6.07, 6.45) is 7.94. The Morgan fingerprint density at radius 2 is 2.15 bits per heavy atom. The zero-order valence-corrected chi connectivity index (χ0v) is 14.3. The third kappa shape index (κ3) is 3.58. The number of furan rings is 1. The van der Waals surface area contributed by atoms with Crippen molar-refractivity contribution in [3.05, 3.63) is 50.9 Å². The molecule has 10 heteroatoms. The van der Waals surface area contributed by atoms with Crippen LogP contribution < -0.4 is 10.2 Å². The molecule has 0 spiro atoms. The highest BCUT2D eigenvalue weighted by Gasteiger charge is 2.28. The van der Waals surface area contributed by atoms with E-state index in [1.54, 1.807) is 6.92 Å². The Balaban J connectivity index is 1.70. The van der Waals surface area contributed by atoms with Crippen LogP contribution in [-0.2, 0) is 0 Å². The summed E-state index contributed by atoms with van der Waals surface area (Å²) in [5.41, 5.74) is 2.83. The van der Waals surface area contributed by atoms with Crippen molar-refractivity contribution in [3.63, 3.8) is 0 Å². The van der Waals surface area contributed by atoms with Gasteiger partial charge in [0.25, 0.3) is 0 Å². The molecule has 1 amide bonds. The van der Waals surface area contributed by atoms with E-state index < -0.39 is 16.7 Å². The predicted molar refractivity (Wildman–Crippen MR) is 90.7 cm³/mol. The maximum absolute atomic E-state index is 12.3. The molecule has 1 N–H and O–H groups in total. The molecule has 2 aromatic heterocycles. The number of carbonyl (C=O) groups excluding carboxylic acids is 1. The molecule has 3 rings (SSSR count). The number of imidazole rings is 1. The topological polar surface area (TPSA) is 130 Å². The predicted octanol–water partition coefficient (Wildman–Crippen LogP) is 2.20. The van der Waals surface area contributed by atoms with Gasteiger partial charge in [0.15, 0.2) is 11.5 Å². The van der Waals surface area contributed by atoms with E-state index in [2.05, 4.69) is 10.5 Å². The van der Waals surface area contributed by atoms with E-state index in [0.717, 1.165) is 31.9 Å². The SMILES string of the molecule is Cc1c(C(=O)N/N=C\c2ccc([N+](=O)[O-])o2)[n+]([O-])cn1C1CCCCC1. The van der Waals surface area contributed by atoms with Crippen LogP contribution in [-0.4, -0.2) is 21.6 Å². The maximum atomic E-state index is 12.3. The van der Waals surface area contributed by atoms with E-state index in [9.17, 15) is 20.1 Å². The number of nitrogens with zero attached hydrogens (tertiary/aromatic N) is 4. The number of hydrogen-bond acceptors (Lipinski definition) is 6. The minimum absolute atomic E-state index is 0.0156. The van der Waals surface area contributed by atoms with Gasteiger partial charge in [-0.15, -0.1) is 0 Å². The smallest absolute Gasteiger partial charge is 0.433 e. The minimum Gasteiger partial charge on any atom is -0.710 e. The molecule has 0 bridgehead atoms. The van der Waals surface area contributed by atoms with Crippen LogP contribution in [0.1, 0.15) is 60.1 Å². The largest absolute Gasteiger partial charge is 0.710 e. The lowest BCUT2D eigenvalue weighted by Gasteiger charge is -2.19. The molecule has 0 radical (unpaired) electrons. The van der Waals surface area contributed by atoms with Gasteiger partial charge in [0.2, 0.25) is 12.0 Å². The van der Waals surface area contributed by atoms with Crippen LogP contribution in [0.2, 0.25) is 0 Å². The van der Waals surface area contributed by atoms with Gasteiger partial charge in [-0.05, 0) is 31.7 Å². The van der Waals surface area contributed by atoms with Gasteiger partial charge in [0, 0.05) is 6.92 Å². The van der Waals surface area contributed by atoms with Crippen LogP contribution in [0.25, 0.3) is 0 Å². The van der Waals surface area contributed by atoms with Gasteiger partial charge in [-0.2, -0.15) is 5.10 Å². The van der Waals surface area contributed by atoms with Gasteiger partial charge in [-0.3, -0.25) is 14.9 Å². The fourth-order valence-corrected chi connectivity index (χ4v) is 3.25. The second-order valence-corrected chi connectivity index (χ2v) is 6.21. The van der Waals surface area contributed by atoms with Crippen LogP contribution >= 0.6 is 0 Å². The summed E-state index contributed by atoms with van der Waals surface area (Å²) in [5, 5.41) is 26.4. The van der Waals surface area contributed by atoms with Crippen molar-refractivity contribution >= 4 is 18.0 Å². The first-order chi connectivity index (χ1) is 12.5. The summed E-state index contributed by atoms with van der Waals surface area (Å²) in [4.78, 5) is 22.2. The third-order valence-corrected chi connectivity index (χ3v) is 4.51. The Bertz CT molecular complexity index is 847. The molecule has 0 unspecified atom stereocenters. The number of carbonyl (C=O) groups is 1. The molecule has 0 aromatic carbocycles. The highest BCUT2D eigenvalue weighted by atomic mass is 16.6. The minimum atomic E-state index is -0.673. The lowest BCUT2D eigenvalue weighted by Crippen LogP contribution is -2.36. The second kappa shape index (κ2) is 7.38. The number of aromatic nitrogens is 2. The molecule has 1 fully saturated rings. The van der Waals surface area contributed by atoms with Gasteiger partial charge in [-0.1, -0.05) is 6.42 Å². The monoisotopic (exact) mass is 361 g/mol. The summed E-state index contributed by atoms with van der Waals surface area (Å²) in [6.45, 7) is 1.73. The fourth-order valence-electron chi connectivity index (χ4n) is 3.25. The van der Waals surface area contributed by atoms with E-state index in [1.165, 1.54) is 24.9 Å². The first-order valence-corrected chi connectivity index (χ1v) is 8.35. The van der Waals surface area contributed by atoms with Crippen molar-refractivity contribution in [3.8, 4) is 0 Å². The lowest BCUT2D eigenvalue weighted by atomic mass is 9.95. The fraction of sp³-hybridized carbons (Fsp3) is 0.438. The molecular weight excluding hydrogens is 342 g/mol. The Morgan fingerprint density at radius 3 is 2.81 bits per heavy atom. The van der Waals surface area contributed by atoms with Crippen LogP contribution in [0.4, 0.5) is 5.88 Å². The number of hydrazone groups is 1. The molecule has 2 heterocycles. The van der Waals surface area contributed by atoms with Crippen molar-refractivity contribution in [2.24, 2.45) is 5.10 Å². The molecule has 0 saturated heterocycles. The van der Waals surface area contributed by atoms with Crippen molar-refractivity contribution in [1.29, 1.82) is 0 Å². The Hall–Kier alpha value is -3.17.